The molecule has 2 rings (SSSR count). The highest BCUT2D eigenvalue weighted by Gasteiger charge is 2.31. The average Bonchev–Trinajstić information content (AvgIpc) is 3.19. The van der Waals surface area contributed by atoms with Gasteiger partial charge in [0.25, 0.3) is 5.91 Å². The van der Waals surface area contributed by atoms with Gasteiger partial charge in [-0.25, -0.2) is 9.80 Å². The van der Waals surface area contributed by atoms with Crippen molar-refractivity contribution in [2.24, 2.45) is 0 Å². The van der Waals surface area contributed by atoms with Gasteiger partial charge in [0.2, 0.25) is 5.91 Å². The molecule has 0 aliphatic carbocycles. The fraction of sp³-hybridized carbons (Fsp3) is 0.500. The summed E-state index contributed by atoms with van der Waals surface area (Å²) in [6.07, 6.45) is 3.56. The molecule has 1 aliphatic heterocycles. The Morgan fingerprint density at radius 2 is 1.70 bits per heavy atom. The minimum absolute atomic E-state index is 0.146. The first kappa shape index (κ1) is 20.3. The van der Waals surface area contributed by atoms with Crippen molar-refractivity contribution in [3.8, 4) is 0 Å². The number of hydrazine groups is 1. The molecule has 1 aromatic rings. The highest BCUT2D eigenvalue weighted by molar-refractivity contribution is 5.95. The molecule has 9 nitrogen and oxygen atoms in total. The molecular weight excluding hydrogens is 354 g/mol. The number of amides is 2. The van der Waals surface area contributed by atoms with E-state index in [1.807, 2.05) is 0 Å². The molecule has 146 valence electrons. The number of aromatic nitrogens is 1. The molecule has 0 N–H and O–H groups in total. The van der Waals surface area contributed by atoms with E-state index in [-0.39, 0.29) is 36.0 Å². The third-order valence-corrected chi connectivity index (χ3v) is 4.21. The predicted octanol–water partition coefficient (Wildman–Crippen LogP) is 1.19. The van der Waals surface area contributed by atoms with Crippen molar-refractivity contribution in [3.05, 3.63) is 29.6 Å². The lowest BCUT2D eigenvalue weighted by molar-refractivity contribution is -0.142. The van der Waals surface area contributed by atoms with Crippen molar-refractivity contribution in [1.82, 2.24) is 15.0 Å². The summed E-state index contributed by atoms with van der Waals surface area (Å²) in [5, 5.41) is 2.80. The van der Waals surface area contributed by atoms with E-state index in [0.29, 0.717) is 32.4 Å². The predicted molar refractivity (Wildman–Crippen MR) is 93.4 cm³/mol. The summed E-state index contributed by atoms with van der Waals surface area (Å²) in [7, 11) is 2.59. The molecule has 0 atom stereocenters. The van der Waals surface area contributed by atoms with Gasteiger partial charge >= 0.3 is 11.9 Å². The van der Waals surface area contributed by atoms with Crippen molar-refractivity contribution in [1.29, 1.82) is 0 Å². The maximum absolute atomic E-state index is 12.7. The van der Waals surface area contributed by atoms with Crippen LogP contribution in [0.5, 0.6) is 0 Å². The molecule has 1 saturated heterocycles. The summed E-state index contributed by atoms with van der Waals surface area (Å²) < 4.78 is 9.16. The first-order valence-electron chi connectivity index (χ1n) is 8.71. The lowest BCUT2D eigenvalue weighted by atomic mass is 10.2. The SMILES string of the molecule is COC(=O)CCCCC(=O)N1CCCN1C(=O)c1ccc(C(=O)OC)cn1. The van der Waals surface area contributed by atoms with Crippen LogP contribution in [0.2, 0.25) is 0 Å². The number of esters is 2. The Kier molecular flexibility index (Phi) is 7.27. The zero-order valence-electron chi connectivity index (χ0n) is 15.5. The highest BCUT2D eigenvalue weighted by Crippen LogP contribution is 2.17. The van der Waals surface area contributed by atoms with Crippen LogP contribution in [-0.2, 0) is 19.1 Å². The van der Waals surface area contributed by atoms with Crippen molar-refractivity contribution < 1.29 is 28.7 Å². The summed E-state index contributed by atoms with van der Waals surface area (Å²) in [5.74, 6) is -1.41. The summed E-state index contributed by atoms with van der Waals surface area (Å²) in [6.45, 7) is 0.884. The van der Waals surface area contributed by atoms with Crippen LogP contribution >= 0.6 is 0 Å². The number of rotatable bonds is 7. The maximum Gasteiger partial charge on any atom is 0.339 e. The number of hydrogen-bond acceptors (Lipinski definition) is 7. The van der Waals surface area contributed by atoms with Gasteiger partial charge in [0, 0.05) is 32.1 Å². The third-order valence-electron chi connectivity index (χ3n) is 4.21. The van der Waals surface area contributed by atoms with E-state index >= 15 is 0 Å². The van der Waals surface area contributed by atoms with E-state index in [0.717, 1.165) is 0 Å². The van der Waals surface area contributed by atoms with Gasteiger partial charge in [0.15, 0.2) is 0 Å². The van der Waals surface area contributed by atoms with Gasteiger partial charge in [-0.2, -0.15) is 0 Å². The Balaban J connectivity index is 1.94. The van der Waals surface area contributed by atoms with Gasteiger partial charge < -0.3 is 9.47 Å². The molecule has 0 saturated carbocycles. The molecule has 1 fully saturated rings. The average molecular weight is 377 g/mol. The number of hydrogen-bond donors (Lipinski definition) is 0. The standard InChI is InChI=1S/C18H23N3O6/c1-26-16(23)7-4-3-6-15(22)20-10-5-11-21(20)17(24)14-9-8-13(12-19-14)18(25)27-2/h8-9,12H,3-7,10-11H2,1-2H3. The second-order valence-corrected chi connectivity index (χ2v) is 6.01. The molecule has 0 bridgehead atoms. The Labute approximate surface area is 157 Å². The Bertz CT molecular complexity index is 704. The Morgan fingerprint density at radius 1 is 1.00 bits per heavy atom. The number of unbranched alkanes of at least 4 members (excludes halogenated alkanes) is 1. The number of carbonyl (C=O) groups is 4. The summed E-state index contributed by atoms with van der Waals surface area (Å²) in [5.41, 5.74) is 0.391. The van der Waals surface area contributed by atoms with Crippen LogP contribution in [0.4, 0.5) is 0 Å². The van der Waals surface area contributed by atoms with E-state index in [1.54, 1.807) is 0 Å². The Morgan fingerprint density at radius 3 is 2.33 bits per heavy atom. The second kappa shape index (κ2) is 9.65. The maximum atomic E-state index is 12.7. The number of pyridine rings is 1. The Hall–Kier alpha value is -2.97. The first-order chi connectivity index (χ1) is 13.0. The topological polar surface area (TPSA) is 106 Å². The van der Waals surface area contributed by atoms with Crippen LogP contribution in [0.15, 0.2) is 18.3 Å². The van der Waals surface area contributed by atoms with E-state index in [1.165, 1.54) is 42.6 Å². The van der Waals surface area contributed by atoms with Crippen molar-refractivity contribution in [2.45, 2.75) is 32.1 Å². The summed E-state index contributed by atoms with van der Waals surface area (Å²) in [6, 6.07) is 2.90. The van der Waals surface area contributed by atoms with Gasteiger partial charge in [-0.15, -0.1) is 0 Å². The highest BCUT2D eigenvalue weighted by atomic mass is 16.5. The molecule has 2 amide bonds. The molecule has 0 spiro atoms. The monoisotopic (exact) mass is 377 g/mol. The lowest BCUT2D eigenvalue weighted by Crippen LogP contribution is -2.45. The molecule has 0 unspecified atom stereocenters. The zero-order valence-corrected chi connectivity index (χ0v) is 15.5. The number of nitrogens with zero attached hydrogens (tertiary/aromatic N) is 3. The normalized spacial score (nSPS) is 13.4. The van der Waals surface area contributed by atoms with E-state index in [2.05, 4.69) is 14.5 Å². The van der Waals surface area contributed by atoms with E-state index < -0.39 is 11.9 Å². The van der Waals surface area contributed by atoms with Gasteiger partial charge in [0.1, 0.15) is 5.69 Å². The molecule has 1 aromatic heterocycles. The number of methoxy groups -OCH3 is 2. The van der Waals surface area contributed by atoms with Crippen LogP contribution in [-0.4, -0.2) is 66.1 Å². The van der Waals surface area contributed by atoms with Gasteiger partial charge in [-0.3, -0.25) is 24.4 Å². The quantitative estimate of drug-likeness (QED) is 0.519. The van der Waals surface area contributed by atoms with E-state index in [4.69, 9.17) is 0 Å². The largest absolute Gasteiger partial charge is 0.469 e. The minimum atomic E-state index is -0.536. The van der Waals surface area contributed by atoms with Crippen molar-refractivity contribution in [3.63, 3.8) is 0 Å². The molecule has 27 heavy (non-hydrogen) atoms. The van der Waals surface area contributed by atoms with Crippen LogP contribution in [0.25, 0.3) is 0 Å². The number of ether oxygens (including phenoxy) is 2. The smallest absolute Gasteiger partial charge is 0.339 e. The second-order valence-electron chi connectivity index (χ2n) is 6.01. The van der Waals surface area contributed by atoms with Gasteiger partial charge in [0.05, 0.1) is 19.8 Å². The summed E-state index contributed by atoms with van der Waals surface area (Å²) >= 11 is 0. The third kappa shape index (κ3) is 5.25. The molecule has 1 aliphatic rings. The number of carbonyl (C=O) groups excluding carboxylic acids is 4. The first-order valence-corrected chi connectivity index (χ1v) is 8.71. The summed E-state index contributed by atoms with van der Waals surface area (Å²) in [4.78, 5) is 51.6. The van der Waals surface area contributed by atoms with Crippen LogP contribution in [0.3, 0.4) is 0 Å². The fourth-order valence-electron chi connectivity index (χ4n) is 2.75. The van der Waals surface area contributed by atoms with Crippen LogP contribution in [0.1, 0.15) is 53.0 Å². The van der Waals surface area contributed by atoms with Crippen molar-refractivity contribution >= 4 is 23.8 Å². The zero-order chi connectivity index (χ0) is 19.8. The lowest BCUT2D eigenvalue weighted by Gasteiger charge is -2.27. The fourth-order valence-corrected chi connectivity index (χ4v) is 2.75. The van der Waals surface area contributed by atoms with Gasteiger partial charge in [-0.1, -0.05) is 0 Å². The van der Waals surface area contributed by atoms with E-state index in [9.17, 15) is 19.2 Å². The van der Waals surface area contributed by atoms with Gasteiger partial charge in [-0.05, 0) is 31.4 Å². The molecule has 9 heteroatoms. The molecule has 2 heterocycles. The van der Waals surface area contributed by atoms with Crippen LogP contribution in [0, 0.1) is 0 Å². The molecule has 0 radical (unpaired) electrons. The molecular formula is C18H23N3O6. The minimum Gasteiger partial charge on any atom is -0.469 e. The van der Waals surface area contributed by atoms with Crippen LogP contribution < -0.4 is 0 Å². The van der Waals surface area contributed by atoms with Crippen molar-refractivity contribution in [2.75, 3.05) is 27.3 Å². The molecule has 0 aromatic carbocycles.